The molecule has 0 aliphatic carbocycles. The minimum Gasteiger partial charge on any atom is -0.381 e. The Bertz CT molecular complexity index is 532. The van der Waals surface area contributed by atoms with Crippen LogP contribution in [0, 0.1) is 13.8 Å². The maximum absolute atomic E-state index is 5.65. The van der Waals surface area contributed by atoms with E-state index in [0.717, 1.165) is 6.54 Å². The van der Waals surface area contributed by atoms with Crippen molar-refractivity contribution in [3.63, 3.8) is 0 Å². The van der Waals surface area contributed by atoms with Crippen molar-refractivity contribution < 1.29 is 0 Å². The fraction of sp³-hybridized carbons (Fsp3) is 0.250. The van der Waals surface area contributed by atoms with Crippen LogP contribution in [0.4, 0.5) is 5.69 Å². The van der Waals surface area contributed by atoms with Gasteiger partial charge in [-0.3, -0.25) is 0 Å². The van der Waals surface area contributed by atoms with E-state index < -0.39 is 0 Å². The average molecular weight is 240 g/mol. The van der Waals surface area contributed by atoms with Crippen LogP contribution < -0.4 is 11.1 Å². The highest BCUT2D eigenvalue weighted by molar-refractivity contribution is 5.52. The van der Waals surface area contributed by atoms with Crippen LogP contribution in [0.1, 0.15) is 22.3 Å². The third-order valence-electron chi connectivity index (χ3n) is 3.10. The van der Waals surface area contributed by atoms with Gasteiger partial charge in [-0.25, -0.2) is 0 Å². The smallest absolute Gasteiger partial charge is 0.0400 e. The molecule has 0 heterocycles. The van der Waals surface area contributed by atoms with Gasteiger partial charge in [0, 0.05) is 18.8 Å². The number of aryl methyl sites for hydroxylation is 2. The second-order valence-electron chi connectivity index (χ2n) is 4.70. The second kappa shape index (κ2) is 5.69. The molecule has 0 fully saturated rings. The standard InChI is InChI=1S/C16H20N2/c1-12-6-7-13(2)16(8-12)18-11-15-5-3-4-14(9-15)10-17/h3-9,18H,10-11,17H2,1-2H3. The fourth-order valence-electron chi connectivity index (χ4n) is 1.99. The Labute approximate surface area is 109 Å². The molecule has 0 unspecified atom stereocenters. The van der Waals surface area contributed by atoms with Crippen LogP contribution >= 0.6 is 0 Å². The molecule has 0 amide bonds. The lowest BCUT2D eigenvalue weighted by atomic mass is 10.1. The summed E-state index contributed by atoms with van der Waals surface area (Å²) in [7, 11) is 0. The van der Waals surface area contributed by atoms with Crippen molar-refractivity contribution >= 4 is 5.69 Å². The van der Waals surface area contributed by atoms with Crippen molar-refractivity contribution in [2.24, 2.45) is 5.73 Å². The predicted octanol–water partition coefficient (Wildman–Crippen LogP) is 3.37. The molecule has 0 aromatic heterocycles. The van der Waals surface area contributed by atoms with Crippen molar-refractivity contribution in [3.05, 3.63) is 64.7 Å². The first-order valence-corrected chi connectivity index (χ1v) is 6.28. The third-order valence-corrected chi connectivity index (χ3v) is 3.10. The van der Waals surface area contributed by atoms with Gasteiger partial charge in [-0.05, 0) is 42.2 Å². The molecule has 2 aromatic carbocycles. The highest BCUT2D eigenvalue weighted by Crippen LogP contribution is 2.17. The maximum Gasteiger partial charge on any atom is 0.0400 e. The molecular formula is C16H20N2. The molecule has 0 atom stereocenters. The second-order valence-corrected chi connectivity index (χ2v) is 4.70. The van der Waals surface area contributed by atoms with Gasteiger partial charge in [-0.1, -0.05) is 36.4 Å². The number of rotatable bonds is 4. The van der Waals surface area contributed by atoms with E-state index in [-0.39, 0.29) is 0 Å². The van der Waals surface area contributed by atoms with Crippen molar-refractivity contribution in [3.8, 4) is 0 Å². The topological polar surface area (TPSA) is 38.0 Å². The molecule has 0 bridgehead atoms. The molecule has 2 aromatic rings. The lowest BCUT2D eigenvalue weighted by Crippen LogP contribution is -2.03. The molecule has 0 saturated carbocycles. The normalized spacial score (nSPS) is 10.4. The Balaban J connectivity index is 2.08. The van der Waals surface area contributed by atoms with Gasteiger partial charge >= 0.3 is 0 Å². The van der Waals surface area contributed by atoms with E-state index in [1.807, 2.05) is 0 Å². The molecular weight excluding hydrogens is 220 g/mol. The predicted molar refractivity (Wildman–Crippen MR) is 77.6 cm³/mol. The Morgan fingerprint density at radius 2 is 1.78 bits per heavy atom. The molecule has 0 radical (unpaired) electrons. The first kappa shape index (κ1) is 12.7. The Kier molecular flexibility index (Phi) is 4.00. The van der Waals surface area contributed by atoms with E-state index in [9.17, 15) is 0 Å². The monoisotopic (exact) mass is 240 g/mol. The lowest BCUT2D eigenvalue weighted by Gasteiger charge is -2.11. The molecule has 0 saturated heterocycles. The van der Waals surface area contributed by atoms with Gasteiger partial charge in [0.15, 0.2) is 0 Å². The number of nitrogens with two attached hydrogens (primary N) is 1. The van der Waals surface area contributed by atoms with Gasteiger partial charge in [0.25, 0.3) is 0 Å². The van der Waals surface area contributed by atoms with Crippen LogP contribution in [0.25, 0.3) is 0 Å². The summed E-state index contributed by atoms with van der Waals surface area (Å²) in [6.07, 6.45) is 0. The summed E-state index contributed by atoms with van der Waals surface area (Å²) in [5.41, 5.74) is 11.8. The minimum atomic E-state index is 0.595. The Morgan fingerprint density at radius 1 is 1.00 bits per heavy atom. The van der Waals surface area contributed by atoms with Crippen molar-refractivity contribution in [2.45, 2.75) is 26.9 Å². The van der Waals surface area contributed by atoms with E-state index in [4.69, 9.17) is 5.73 Å². The van der Waals surface area contributed by atoms with Crippen LogP contribution in [0.2, 0.25) is 0 Å². The van der Waals surface area contributed by atoms with E-state index in [1.165, 1.54) is 27.9 Å². The van der Waals surface area contributed by atoms with Crippen LogP contribution in [-0.2, 0) is 13.1 Å². The van der Waals surface area contributed by atoms with Crippen molar-refractivity contribution in [1.82, 2.24) is 0 Å². The third kappa shape index (κ3) is 3.11. The van der Waals surface area contributed by atoms with Gasteiger partial charge in [0.2, 0.25) is 0 Å². The first-order chi connectivity index (χ1) is 8.69. The molecule has 3 N–H and O–H groups in total. The van der Waals surface area contributed by atoms with Gasteiger partial charge in [0.05, 0.1) is 0 Å². The zero-order chi connectivity index (χ0) is 13.0. The lowest BCUT2D eigenvalue weighted by molar-refractivity contribution is 1.05. The van der Waals surface area contributed by atoms with Gasteiger partial charge < -0.3 is 11.1 Å². The molecule has 18 heavy (non-hydrogen) atoms. The van der Waals surface area contributed by atoms with E-state index >= 15 is 0 Å². The highest BCUT2D eigenvalue weighted by atomic mass is 14.9. The van der Waals surface area contributed by atoms with E-state index in [1.54, 1.807) is 0 Å². The molecule has 2 rings (SSSR count). The average Bonchev–Trinajstić information content (AvgIpc) is 2.40. The van der Waals surface area contributed by atoms with Crippen molar-refractivity contribution in [2.75, 3.05) is 5.32 Å². The fourth-order valence-corrected chi connectivity index (χ4v) is 1.99. The highest BCUT2D eigenvalue weighted by Gasteiger charge is 1.99. The maximum atomic E-state index is 5.65. The van der Waals surface area contributed by atoms with Gasteiger partial charge in [0.1, 0.15) is 0 Å². The van der Waals surface area contributed by atoms with Crippen LogP contribution in [0.3, 0.4) is 0 Å². The summed E-state index contributed by atoms with van der Waals surface area (Å²) >= 11 is 0. The summed E-state index contributed by atoms with van der Waals surface area (Å²) in [4.78, 5) is 0. The molecule has 0 aliphatic rings. The van der Waals surface area contributed by atoms with E-state index in [2.05, 4.69) is 61.6 Å². The Morgan fingerprint density at radius 3 is 2.56 bits per heavy atom. The minimum absolute atomic E-state index is 0.595. The number of hydrogen-bond donors (Lipinski definition) is 2. The Hall–Kier alpha value is -1.80. The number of benzene rings is 2. The molecule has 0 spiro atoms. The number of nitrogens with one attached hydrogen (secondary N) is 1. The molecule has 2 heteroatoms. The summed E-state index contributed by atoms with van der Waals surface area (Å²) in [5, 5.41) is 3.48. The zero-order valence-electron chi connectivity index (χ0n) is 11.0. The van der Waals surface area contributed by atoms with Crippen LogP contribution in [0.5, 0.6) is 0 Å². The zero-order valence-corrected chi connectivity index (χ0v) is 11.0. The van der Waals surface area contributed by atoms with Gasteiger partial charge in [-0.15, -0.1) is 0 Å². The van der Waals surface area contributed by atoms with E-state index in [0.29, 0.717) is 6.54 Å². The summed E-state index contributed by atoms with van der Waals surface area (Å²) in [5.74, 6) is 0. The summed E-state index contributed by atoms with van der Waals surface area (Å²) in [6.45, 7) is 5.66. The molecule has 0 aliphatic heterocycles. The summed E-state index contributed by atoms with van der Waals surface area (Å²) < 4.78 is 0. The molecule has 2 nitrogen and oxygen atoms in total. The number of hydrogen-bond acceptors (Lipinski definition) is 2. The number of anilines is 1. The summed E-state index contributed by atoms with van der Waals surface area (Å²) in [6, 6.07) is 14.9. The first-order valence-electron chi connectivity index (χ1n) is 6.28. The molecule has 94 valence electrons. The largest absolute Gasteiger partial charge is 0.381 e. The van der Waals surface area contributed by atoms with Crippen molar-refractivity contribution in [1.29, 1.82) is 0 Å². The van der Waals surface area contributed by atoms with Gasteiger partial charge in [-0.2, -0.15) is 0 Å². The quantitative estimate of drug-likeness (QED) is 0.860. The van der Waals surface area contributed by atoms with Crippen LogP contribution in [-0.4, -0.2) is 0 Å². The van der Waals surface area contributed by atoms with Crippen LogP contribution in [0.15, 0.2) is 42.5 Å². The SMILES string of the molecule is Cc1ccc(C)c(NCc2cccc(CN)c2)c1.